The second kappa shape index (κ2) is 3.65. The lowest BCUT2D eigenvalue weighted by molar-refractivity contribution is -0.385. The standard InChI is InChI=1S/C10H9N3O3/c1-6-4-7(2-3-8(6)13(14)15)9-5-12-10(11)16-9/h2-5H,1H3,(H2,11,12). The Morgan fingerprint density at radius 3 is 2.75 bits per heavy atom. The monoisotopic (exact) mass is 219 g/mol. The number of oxazole rings is 1. The Balaban J connectivity index is 2.45. The minimum Gasteiger partial charge on any atom is -0.424 e. The second-order valence-corrected chi connectivity index (χ2v) is 3.32. The Bertz CT molecular complexity index is 548. The van der Waals surface area contributed by atoms with E-state index in [0.29, 0.717) is 16.9 Å². The molecule has 0 fully saturated rings. The molecule has 0 aliphatic carbocycles. The zero-order chi connectivity index (χ0) is 11.7. The number of nitrogen functional groups attached to an aromatic ring is 1. The summed E-state index contributed by atoms with van der Waals surface area (Å²) in [6.45, 7) is 1.67. The number of nitro benzene ring substituents is 1. The van der Waals surface area contributed by atoms with Gasteiger partial charge in [0.2, 0.25) is 0 Å². The first-order chi connectivity index (χ1) is 7.58. The van der Waals surface area contributed by atoms with Gasteiger partial charge in [0.15, 0.2) is 5.76 Å². The number of anilines is 1. The van der Waals surface area contributed by atoms with E-state index in [4.69, 9.17) is 10.2 Å². The van der Waals surface area contributed by atoms with Crippen LogP contribution in [0.4, 0.5) is 11.7 Å². The zero-order valence-electron chi connectivity index (χ0n) is 8.51. The average Bonchev–Trinajstić information content (AvgIpc) is 2.64. The fourth-order valence-electron chi connectivity index (χ4n) is 1.43. The molecule has 0 amide bonds. The van der Waals surface area contributed by atoms with Gasteiger partial charge in [-0.15, -0.1) is 0 Å². The molecule has 0 radical (unpaired) electrons. The number of rotatable bonds is 2. The normalized spacial score (nSPS) is 10.3. The smallest absolute Gasteiger partial charge is 0.292 e. The molecular weight excluding hydrogens is 210 g/mol. The van der Waals surface area contributed by atoms with Gasteiger partial charge in [0.25, 0.3) is 11.7 Å². The molecule has 6 heteroatoms. The number of nitrogens with two attached hydrogens (primary N) is 1. The van der Waals surface area contributed by atoms with Gasteiger partial charge in [0.05, 0.1) is 11.1 Å². The van der Waals surface area contributed by atoms with Crippen molar-refractivity contribution in [1.29, 1.82) is 0 Å². The number of aromatic nitrogens is 1. The average molecular weight is 219 g/mol. The van der Waals surface area contributed by atoms with E-state index in [1.807, 2.05) is 0 Å². The lowest BCUT2D eigenvalue weighted by Gasteiger charge is -1.99. The number of nitro groups is 1. The summed E-state index contributed by atoms with van der Waals surface area (Å²) in [5.74, 6) is 0.496. The van der Waals surface area contributed by atoms with Crippen LogP contribution < -0.4 is 5.73 Å². The second-order valence-electron chi connectivity index (χ2n) is 3.32. The van der Waals surface area contributed by atoms with Crippen molar-refractivity contribution in [2.45, 2.75) is 6.92 Å². The van der Waals surface area contributed by atoms with Crippen LogP contribution in [0.1, 0.15) is 5.56 Å². The van der Waals surface area contributed by atoms with E-state index in [9.17, 15) is 10.1 Å². The van der Waals surface area contributed by atoms with Crippen molar-refractivity contribution in [3.05, 3.63) is 40.1 Å². The fourth-order valence-corrected chi connectivity index (χ4v) is 1.43. The molecule has 16 heavy (non-hydrogen) atoms. The molecule has 0 spiro atoms. The van der Waals surface area contributed by atoms with Crippen LogP contribution in [0.2, 0.25) is 0 Å². The van der Waals surface area contributed by atoms with E-state index in [1.165, 1.54) is 12.3 Å². The van der Waals surface area contributed by atoms with Crippen molar-refractivity contribution < 1.29 is 9.34 Å². The van der Waals surface area contributed by atoms with Gasteiger partial charge < -0.3 is 10.2 Å². The largest absolute Gasteiger partial charge is 0.424 e. The number of benzene rings is 1. The van der Waals surface area contributed by atoms with Crippen LogP contribution in [0.15, 0.2) is 28.8 Å². The fraction of sp³-hybridized carbons (Fsp3) is 0.100. The molecule has 0 atom stereocenters. The summed E-state index contributed by atoms with van der Waals surface area (Å²) in [5, 5.41) is 10.6. The van der Waals surface area contributed by atoms with Crippen LogP contribution in [-0.4, -0.2) is 9.91 Å². The van der Waals surface area contributed by atoms with E-state index < -0.39 is 4.92 Å². The van der Waals surface area contributed by atoms with Crippen LogP contribution in [-0.2, 0) is 0 Å². The predicted octanol–water partition coefficient (Wildman–Crippen LogP) is 2.14. The molecule has 0 aliphatic rings. The zero-order valence-corrected chi connectivity index (χ0v) is 8.51. The Morgan fingerprint density at radius 1 is 1.50 bits per heavy atom. The first-order valence-corrected chi connectivity index (χ1v) is 4.54. The van der Waals surface area contributed by atoms with Gasteiger partial charge >= 0.3 is 0 Å². The Morgan fingerprint density at radius 2 is 2.25 bits per heavy atom. The van der Waals surface area contributed by atoms with Gasteiger partial charge in [-0.25, -0.2) is 4.98 Å². The molecule has 2 N–H and O–H groups in total. The number of hydrogen-bond acceptors (Lipinski definition) is 5. The van der Waals surface area contributed by atoms with Crippen molar-refractivity contribution in [1.82, 2.24) is 4.98 Å². The molecule has 0 aliphatic heterocycles. The third kappa shape index (κ3) is 1.72. The number of nitrogens with zero attached hydrogens (tertiary/aromatic N) is 2. The molecule has 2 aromatic rings. The Hall–Kier alpha value is -2.37. The lowest BCUT2D eigenvalue weighted by Crippen LogP contribution is -1.91. The van der Waals surface area contributed by atoms with Crippen molar-refractivity contribution in [2.24, 2.45) is 0 Å². The predicted molar refractivity (Wildman–Crippen MR) is 57.7 cm³/mol. The van der Waals surface area contributed by atoms with Gasteiger partial charge in [-0.1, -0.05) is 0 Å². The molecule has 6 nitrogen and oxygen atoms in total. The molecule has 0 saturated heterocycles. The van der Waals surface area contributed by atoms with Gasteiger partial charge in [-0.05, 0) is 19.1 Å². The summed E-state index contributed by atoms with van der Waals surface area (Å²) in [6, 6.07) is 4.78. The third-order valence-electron chi connectivity index (χ3n) is 2.20. The highest BCUT2D eigenvalue weighted by atomic mass is 16.6. The Kier molecular flexibility index (Phi) is 2.32. The van der Waals surface area contributed by atoms with E-state index in [2.05, 4.69) is 4.98 Å². The first-order valence-electron chi connectivity index (χ1n) is 4.54. The van der Waals surface area contributed by atoms with Crippen LogP contribution in [0.5, 0.6) is 0 Å². The lowest BCUT2D eigenvalue weighted by atomic mass is 10.1. The quantitative estimate of drug-likeness (QED) is 0.616. The van der Waals surface area contributed by atoms with E-state index in [1.54, 1.807) is 19.1 Å². The highest BCUT2D eigenvalue weighted by Gasteiger charge is 2.12. The molecule has 0 unspecified atom stereocenters. The summed E-state index contributed by atoms with van der Waals surface area (Å²) in [4.78, 5) is 14.0. The minimum absolute atomic E-state index is 0.0750. The summed E-state index contributed by atoms with van der Waals surface area (Å²) in [6.07, 6.45) is 1.48. The van der Waals surface area contributed by atoms with Crippen LogP contribution >= 0.6 is 0 Å². The molecule has 0 saturated carbocycles. The van der Waals surface area contributed by atoms with E-state index >= 15 is 0 Å². The number of hydrogen-bond donors (Lipinski definition) is 1. The van der Waals surface area contributed by atoms with Gasteiger partial charge in [0, 0.05) is 17.2 Å². The van der Waals surface area contributed by atoms with E-state index in [-0.39, 0.29) is 11.7 Å². The maximum Gasteiger partial charge on any atom is 0.292 e. The summed E-state index contributed by atoms with van der Waals surface area (Å²) in [7, 11) is 0. The van der Waals surface area contributed by atoms with Gasteiger partial charge in [-0.3, -0.25) is 10.1 Å². The molecule has 1 aromatic heterocycles. The minimum atomic E-state index is -0.423. The SMILES string of the molecule is Cc1cc(-c2cnc(N)o2)ccc1[N+](=O)[O-]. The number of aryl methyl sites for hydroxylation is 1. The summed E-state index contributed by atoms with van der Waals surface area (Å²) in [5.41, 5.74) is 6.71. The van der Waals surface area contributed by atoms with Crippen molar-refractivity contribution in [2.75, 3.05) is 5.73 Å². The maximum atomic E-state index is 10.6. The summed E-state index contributed by atoms with van der Waals surface area (Å²) >= 11 is 0. The van der Waals surface area contributed by atoms with Crippen LogP contribution in [0, 0.1) is 17.0 Å². The highest BCUT2D eigenvalue weighted by molar-refractivity contribution is 5.61. The van der Waals surface area contributed by atoms with Crippen molar-refractivity contribution >= 4 is 11.7 Å². The van der Waals surface area contributed by atoms with Gasteiger partial charge in [0.1, 0.15) is 0 Å². The molecule has 82 valence electrons. The summed E-state index contributed by atoms with van der Waals surface area (Å²) < 4.78 is 5.12. The molecule has 1 heterocycles. The first kappa shape index (κ1) is 10.2. The van der Waals surface area contributed by atoms with Crippen LogP contribution in [0.3, 0.4) is 0 Å². The maximum absolute atomic E-state index is 10.6. The van der Waals surface area contributed by atoms with E-state index in [0.717, 1.165) is 0 Å². The Labute approximate surface area is 90.9 Å². The van der Waals surface area contributed by atoms with Gasteiger partial charge in [-0.2, -0.15) is 0 Å². The molecule has 1 aromatic carbocycles. The molecular formula is C10H9N3O3. The highest BCUT2D eigenvalue weighted by Crippen LogP contribution is 2.26. The third-order valence-corrected chi connectivity index (χ3v) is 2.20. The van der Waals surface area contributed by atoms with Crippen molar-refractivity contribution in [3.63, 3.8) is 0 Å². The molecule has 2 rings (SSSR count). The topological polar surface area (TPSA) is 95.2 Å². The molecule has 0 bridgehead atoms. The van der Waals surface area contributed by atoms with Crippen LogP contribution in [0.25, 0.3) is 11.3 Å². The van der Waals surface area contributed by atoms with Crippen molar-refractivity contribution in [3.8, 4) is 11.3 Å².